The molecule has 160 valence electrons. The van der Waals surface area contributed by atoms with E-state index < -0.39 is 29.6 Å². The first-order chi connectivity index (χ1) is 14.8. The molecule has 1 aliphatic heterocycles. The first-order valence-corrected chi connectivity index (χ1v) is 10.6. The second-order valence-corrected chi connectivity index (χ2v) is 8.12. The Bertz CT molecular complexity index is 1100. The number of rotatable bonds is 6. The van der Waals surface area contributed by atoms with Gasteiger partial charge in [0, 0.05) is 10.7 Å². The van der Waals surface area contributed by atoms with Gasteiger partial charge < -0.3 is 10.1 Å². The highest BCUT2D eigenvalue weighted by molar-refractivity contribution is 8.18. The van der Waals surface area contributed by atoms with Gasteiger partial charge in [0.1, 0.15) is 6.54 Å². The molecule has 1 fully saturated rings. The summed E-state index contributed by atoms with van der Waals surface area (Å²) in [5, 5.41) is 2.66. The molecular weight excluding hydrogens is 463 g/mol. The highest BCUT2D eigenvalue weighted by Crippen LogP contribution is 2.32. The zero-order chi connectivity index (χ0) is 22.5. The molecular formula is C21H16Cl2N2O5S. The molecule has 0 spiro atoms. The fourth-order valence-electron chi connectivity index (χ4n) is 2.70. The van der Waals surface area contributed by atoms with Gasteiger partial charge >= 0.3 is 5.97 Å². The maximum atomic E-state index is 12.6. The van der Waals surface area contributed by atoms with E-state index in [1.54, 1.807) is 37.3 Å². The van der Waals surface area contributed by atoms with Gasteiger partial charge in [-0.25, -0.2) is 4.79 Å². The summed E-state index contributed by atoms with van der Waals surface area (Å²) in [6, 6.07) is 11.1. The molecule has 3 amide bonds. The minimum atomic E-state index is -0.624. The van der Waals surface area contributed by atoms with E-state index in [9.17, 15) is 19.2 Å². The number of amides is 3. The molecule has 1 saturated heterocycles. The lowest BCUT2D eigenvalue weighted by molar-refractivity contribution is -0.127. The zero-order valence-electron chi connectivity index (χ0n) is 16.2. The maximum Gasteiger partial charge on any atom is 0.339 e. The molecule has 1 aliphatic rings. The topological polar surface area (TPSA) is 92.8 Å². The van der Waals surface area contributed by atoms with Crippen LogP contribution in [0.5, 0.6) is 0 Å². The van der Waals surface area contributed by atoms with Crippen LogP contribution in [0.25, 0.3) is 6.08 Å². The van der Waals surface area contributed by atoms with Crippen molar-refractivity contribution in [2.45, 2.75) is 6.92 Å². The molecule has 31 heavy (non-hydrogen) atoms. The van der Waals surface area contributed by atoms with E-state index in [0.29, 0.717) is 10.6 Å². The number of imide groups is 1. The predicted molar refractivity (Wildman–Crippen MR) is 120 cm³/mol. The fraction of sp³-hybridized carbons (Fsp3) is 0.143. The predicted octanol–water partition coefficient (Wildman–Crippen LogP) is 4.85. The van der Waals surface area contributed by atoms with Crippen LogP contribution < -0.4 is 5.32 Å². The Kier molecular flexibility index (Phi) is 7.37. The number of anilines is 1. The molecule has 3 rings (SSSR count). The van der Waals surface area contributed by atoms with Gasteiger partial charge in [0.05, 0.1) is 22.1 Å². The first-order valence-electron chi connectivity index (χ1n) is 9.06. The van der Waals surface area contributed by atoms with Crippen molar-refractivity contribution >= 4 is 69.8 Å². The van der Waals surface area contributed by atoms with Crippen molar-refractivity contribution in [3.63, 3.8) is 0 Å². The molecule has 7 nitrogen and oxygen atoms in total. The summed E-state index contributed by atoms with van der Waals surface area (Å²) in [5.41, 5.74) is 1.03. The first kappa shape index (κ1) is 22.9. The van der Waals surface area contributed by atoms with Crippen LogP contribution in [0.15, 0.2) is 47.4 Å². The number of carbonyl (C=O) groups excluding carboxylic acids is 4. The normalized spacial score (nSPS) is 14.8. The fourth-order valence-corrected chi connectivity index (χ4v) is 3.93. The molecule has 0 aromatic heterocycles. The molecule has 0 atom stereocenters. The van der Waals surface area contributed by atoms with Crippen molar-refractivity contribution < 1.29 is 23.9 Å². The molecule has 2 aromatic rings. The molecule has 0 radical (unpaired) electrons. The average Bonchev–Trinajstić information content (AvgIpc) is 2.97. The molecule has 0 aliphatic carbocycles. The van der Waals surface area contributed by atoms with E-state index in [4.69, 9.17) is 27.9 Å². The third-order valence-corrected chi connectivity index (χ3v) is 5.54. The van der Waals surface area contributed by atoms with Crippen LogP contribution in [-0.2, 0) is 14.3 Å². The van der Waals surface area contributed by atoms with Gasteiger partial charge in [0.25, 0.3) is 11.1 Å². The number of nitrogens with one attached hydrogen (secondary N) is 1. The van der Waals surface area contributed by atoms with Crippen molar-refractivity contribution in [2.75, 3.05) is 18.5 Å². The Morgan fingerprint density at radius 2 is 1.94 bits per heavy atom. The molecule has 2 aromatic carbocycles. The van der Waals surface area contributed by atoms with Crippen molar-refractivity contribution in [1.29, 1.82) is 0 Å². The van der Waals surface area contributed by atoms with Gasteiger partial charge in [-0.1, -0.05) is 35.3 Å². The Morgan fingerprint density at radius 1 is 1.16 bits per heavy atom. The lowest BCUT2D eigenvalue weighted by Crippen LogP contribution is -2.36. The highest BCUT2D eigenvalue weighted by Gasteiger charge is 2.36. The van der Waals surface area contributed by atoms with E-state index in [0.717, 1.165) is 16.7 Å². The number of esters is 1. The van der Waals surface area contributed by atoms with E-state index in [1.165, 1.54) is 18.2 Å². The smallest absolute Gasteiger partial charge is 0.339 e. The summed E-state index contributed by atoms with van der Waals surface area (Å²) >= 11 is 12.7. The molecule has 0 unspecified atom stereocenters. The van der Waals surface area contributed by atoms with Crippen LogP contribution in [0, 0.1) is 0 Å². The third kappa shape index (κ3) is 5.66. The maximum absolute atomic E-state index is 12.6. The van der Waals surface area contributed by atoms with Gasteiger partial charge in [-0.2, -0.15) is 0 Å². The molecule has 1 N–H and O–H groups in total. The minimum absolute atomic E-state index is 0.0944. The van der Waals surface area contributed by atoms with Gasteiger partial charge in [0.2, 0.25) is 5.91 Å². The summed E-state index contributed by atoms with van der Waals surface area (Å²) in [7, 11) is 0. The van der Waals surface area contributed by atoms with E-state index in [1.807, 2.05) is 0 Å². The monoisotopic (exact) mass is 478 g/mol. The largest absolute Gasteiger partial charge is 0.462 e. The number of benzene rings is 2. The number of carbonyl (C=O) groups is 4. The summed E-state index contributed by atoms with van der Waals surface area (Å²) in [6.07, 6.45) is 1.54. The van der Waals surface area contributed by atoms with Crippen LogP contribution in [0.2, 0.25) is 10.0 Å². The standard InChI is InChI=1S/C21H16Cl2N2O5S/c1-2-30-20(28)15-10-14(6-7-16(15)23)24-18(26)11-25-19(27)17(31-21(25)29)9-12-4-3-5-13(22)8-12/h3-10H,2,11H2,1H3,(H,24,26)/b17-9+. The Hall–Kier alpha value is -2.81. The highest BCUT2D eigenvalue weighted by atomic mass is 35.5. The van der Waals surface area contributed by atoms with Crippen molar-refractivity contribution in [1.82, 2.24) is 4.90 Å². The van der Waals surface area contributed by atoms with E-state index in [-0.39, 0.29) is 27.8 Å². The SMILES string of the molecule is CCOC(=O)c1cc(NC(=O)CN2C(=O)S/C(=C/c3cccc(Cl)c3)C2=O)ccc1Cl. The summed E-state index contributed by atoms with van der Waals surface area (Å²) < 4.78 is 4.92. The van der Waals surface area contributed by atoms with Crippen LogP contribution in [0.4, 0.5) is 10.5 Å². The molecule has 0 saturated carbocycles. The Labute approximate surface area is 192 Å². The van der Waals surface area contributed by atoms with Gasteiger partial charge in [0.15, 0.2) is 0 Å². The number of nitrogens with zero attached hydrogens (tertiary/aromatic N) is 1. The number of halogens is 2. The van der Waals surface area contributed by atoms with Crippen LogP contribution >= 0.6 is 35.0 Å². The van der Waals surface area contributed by atoms with Gasteiger partial charge in [-0.05, 0) is 60.7 Å². The second kappa shape index (κ2) is 10.00. The quantitative estimate of drug-likeness (QED) is 0.471. The number of thioether (sulfide) groups is 1. The summed E-state index contributed by atoms with van der Waals surface area (Å²) in [6.45, 7) is 1.36. The van der Waals surface area contributed by atoms with Gasteiger partial charge in [-0.15, -0.1) is 0 Å². The number of hydrogen-bond donors (Lipinski definition) is 1. The van der Waals surface area contributed by atoms with Crippen molar-refractivity contribution in [3.8, 4) is 0 Å². The lowest BCUT2D eigenvalue weighted by Gasteiger charge is -2.13. The Morgan fingerprint density at radius 3 is 2.65 bits per heavy atom. The van der Waals surface area contributed by atoms with Crippen molar-refractivity contribution in [2.24, 2.45) is 0 Å². The number of hydrogen-bond acceptors (Lipinski definition) is 6. The minimum Gasteiger partial charge on any atom is -0.462 e. The molecule has 1 heterocycles. The molecule has 10 heteroatoms. The Balaban J connectivity index is 1.69. The van der Waals surface area contributed by atoms with Crippen LogP contribution in [0.3, 0.4) is 0 Å². The van der Waals surface area contributed by atoms with Crippen molar-refractivity contribution in [3.05, 3.63) is 68.5 Å². The second-order valence-electron chi connectivity index (χ2n) is 6.29. The molecule has 0 bridgehead atoms. The summed E-state index contributed by atoms with van der Waals surface area (Å²) in [5.74, 6) is -1.81. The van der Waals surface area contributed by atoms with E-state index >= 15 is 0 Å². The average molecular weight is 479 g/mol. The lowest BCUT2D eigenvalue weighted by atomic mass is 10.2. The number of ether oxygens (including phenoxy) is 1. The zero-order valence-corrected chi connectivity index (χ0v) is 18.5. The van der Waals surface area contributed by atoms with Gasteiger partial charge in [-0.3, -0.25) is 19.3 Å². The third-order valence-electron chi connectivity index (χ3n) is 4.07. The van der Waals surface area contributed by atoms with Crippen LogP contribution in [-0.4, -0.2) is 41.1 Å². The van der Waals surface area contributed by atoms with Crippen LogP contribution in [0.1, 0.15) is 22.8 Å². The van der Waals surface area contributed by atoms with E-state index in [2.05, 4.69) is 5.32 Å². The summed E-state index contributed by atoms with van der Waals surface area (Å²) in [4.78, 5) is 50.2.